The zero-order chi connectivity index (χ0) is 19.7. The first-order valence-electron chi connectivity index (χ1n) is 8.81. The molecule has 4 rings (SSSR count). The van der Waals surface area contributed by atoms with Crippen LogP contribution in [0.5, 0.6) is 0 Å². The lowest BCUT2D eigenvalue weighted by Gasteiger charge is -2.23. The molecular weight excluding hydrogens is 412 g/mol. The second-order valence-electron chi connectivity index (χ2n) is 6.48. The van der Waals surface area contributed by atoms with Gasteiger partial charge in [-0.15, -0.1) is 16.4 Å². The van der Waals surface area contributed by atoms with E-state index in [4.69, 9.17) is 21.4 Å². The molecule has 2 aromatic heterocycles. The SMILES string of the molecule is Cc1ccc([C@H]2CONC(c3c(Sc4ccccc4Cl)nnc(C)c3C)=N2)s1. The average molecular weight is 431 g/mol. The lowest BCUT2D eigenvalue weighted by molar-refractivity contribution is 0.0627. The van der Waals surface area contributed by atoms with Crippen LogP contribution in [0.4, 0.5) is 0 Å². The summed E-state index contributed by atoms with van der Waals surface area (Å²) in [6.07, 6.45) is 0. The van der Waals surface area contributed by atoms with Crippen LogP contribution in [0.1, 0.15) is 32.6 Å². The molecule has 0 radical (unpaired) electrons. The Morgan fingerprint density at radius 2 is 1.96 bits per heavy atom. The molecule has 1 N–H and O–H groups in total. The second-order valence-corrected chi connectivity index (χ2v) is 9.24. The Labute approximate surface area is 177 Å². The van der Waals surface area contributed by atoms with E-state index >= 15 is 0 Å². The number of hydrogen-bond acceptors (Lipinski definition) is 7. The van der Waals surface area contributed by atoms with Crippen LogP contribution in [-0.2, 0) is 4.84 Å². The maximum absolute atomic E-state index is 6.35. The molecule has 1 aliphatic heterocycles. The molecule has 0 fully saturated rings. The van der Waals surface area contributed by atoms with E-state index in [9.17, 15) is 0 Å². The van der Waals surface area contributed by atoms with Crippen LogP contribution < -0.4 is 5.48 Å². The molecule has 8 heteroatoms. The smallest absolute Gasteiger partial charge is 0.156 e. The molecule has 0 bridgehead atoms. The Hall–Kier alpha value is -1.93. The average Bonchev–Trinajstić information content (AvgIpc) is 3.13. The molecule has 0 aliphatic carbocycles. The van der Waals surface area contributed by atoms with E-state index in [0.717, 1.165) is 26.7 Å². The summed E-state index contributed by atoms with van der Waals surface area (Å²) in [7, 11) is 0. The summed E-state index contributed by atoms with van der Waals surface area (Å²) in [5.41, 5.74) is 5.76. The van der Waals surface area contributed by atoms with E-state index in [-0.39, 0.29) is 6.04 Å². The lowest BCUT2D eigenvalue weighted by Crippen LogP contribution is -2.33. The minimum Gasteiger partial charge on any atom is -0.272 e. The summed E-state index contributed by atoms with van der Waals surface area (Å²) in [6, 6.07) is 11.9. The van der Waals surface area contributed by atoms with Crippen molar-refractivity contribution in [2.75, 3.05) is 6.61 Å². The minimum atomic E-state index is -0.0408. The number of nitrogens with zero attached hydrogens (tertiary/aromatic N) is 3. The van der Waals surface area contributed by atoms with Gasteiger partial charge in [-0.2, -0.15) is 5.10 Å². The molecule has 0 amide bonds. The van der Waals surface area contributed by atoms with E-state index in [1.165, 1.54) is 21.5 Å². The third-order valence-electron chi connectivity index (χ3n) is 4.49. The quantitative estimate of drug-likeness (QED) is 0.609. The Kier molecular flexibility index (Phi) is 5.68. The lowest BCUT2D eigenvalue weighted by atomic mass is 10.1. The summed E-state index contributed by atoms with van der Waals surface area (Å²) in [5, 5.41) is 10.2. The van der Waals surface area contributed by atoms with E-state index in [1.54, 1.807) is 11.3 Å². The molecule has 5 nitrogen and oxygen atoms in total. The highest BCUT2D eigenvalue weighted by Gasteiger charge is 2.25. The third kappa shape index (κ3) is 3.93. The van der Waals surface area contributed by atoms with Gasteiger partial charge < -0.3 is 0 Å². The second kappa shape index (κ2) is 8.21. The van der Waals surface area contributed by atoms with Crippen LogP contribution in [0.3, 0.4) is 0 Å². The maximum atomic E-state index is 6.35. The minimum absolute atomic E-state index is 0.0408. The highest BCUT2D eigenvalue weighted by molar-refractivity contribution is 7.99. The molecule has 1 aliphatic rings. The molecule has 0 spiro atoms. The van der Waals surface area contributed by atoms with E-state index in [2.05, 4.69) is 34.7 Å². The van der Waals surface area contributed by atoms with Crippen molar-refractivity contribution in [3.05, 3.63) is 68.0 Å². The highest BCUT2D eigenvalue weighted by atomic mass is 35.5. The molecule has 0 saturated heterocycles. The molecule has 28 heavy (non-hydrogen) atoms. The number of aromatic nitrogens is 2. The standard InChI is InChI=1S/C20H19ClN4OS2/c1-11-8-9-17(27-11)15-10-26-25-19(22-15)18-12(2)13(3)23-24-20(18)28-16-7-5-4-6-14(16)21/h4-9,15H,10H2,1-3H3,(H,22,25)/t15-/m1/s1. The van der Waals surface area contributed by atoms with Crippen molar-refractivity contribution in [3.8, 4) is 0 Å². The van der Waals surface area contributed by atoms with Gasteiger partial charge in [-0.1, -0.05) is 35.5 Å². The van der Waals surface area contributed by atoms with Gasteiger partial charge in [-0.25, -0.2) is 5.48 Å². The monoisotopic (exact) mass is 430 g/mol. The number of rotatable bonds is 4. The van der Waals surface area contributed by atoms with Crippen molar-refractivity contribution < 1.29 is 4.84 Å². The van der Waals surface area contributed by atoms with Crippen molar-refractivity contribution in [1.29, 1.82) is 0 Å². The van der Waals surface area contributed by atoms with Gasteiger partial charge in [0.2, 0.25) is 0 Å². The maximum Gasteiger partial charge on any atom is 0.156 e. The first-order valence-corrected chi connectivity index (χ1v) is 10.8. The number of hydroxylamine groups is 1. The van der Waals surface area contributed by atoms with Gasteiger partial charge in [-0.05, 0) is 50.6 Å². The number of thiophene rings is 1. The molecule has 1 aromatic carbocycles. The number of halogens is 1. The normalized spacial score (nSPS) is 16.6. The van der Waals surface area contributed by atoms with Crippen LogP contribution in [0, 0.1) is 20.8 Å². The summed E-state index contributed by atoms with van der Waals surface area (Å²) in [6.45, 7) is 6.56. The van der Waals surface area contributed by atoms with Crippen molar-refractivity contribution in [2.24, 2.45) is 4.99 Å². The fourth-order valence-corrected chi connectivity index (χ4v) is 4.98. The Balaban J connectivity index is 1.76. The van der Waals surface area contributed by atoms with E-state index in [1.807, 2.05) is 38.1 Å². The van der Waals surface area contributed by atoms with Crippen LogP contribution >= 0.6 is 34.7 Å². The summed E-state index contributed by atoms with van der Waals surface area (Å²) in [4.78, 5) is 14.0. The third-order valence-corrected chi connectivity index (χ3v) is 7.09. The molecule has 3 heterocycles. The van der Waals surface area contributed by atoms with Gasteiger partial charge in [0.05, 0.1) is 16.3 Å². The predicted molar refractivity (Wildman–Crippen MR) is 115 cm³/mol. The number of hydrogen-bond donors (Lipinski definition) is 1. The van der Waals surface area contributed by atoms with Crippen LogP contribution in [-0.4, -0.2) is 22.6 Å². The van der Waals surface area contributed by atoms with Crippen LogP contribution in [0.15, 0.2) is 51.3 Å². The van der Waals surface area contributed by atoms with Crippen molar-refractivity contribution in [2.45, 2.75) is 36.7 Å². The van der Waals surface area contributed by atoms with Crippen molar-refractivity contribution in [3.63, 3.8) is 0 Å². The summed E-state index contributed by atoms with van der Waals surface area (Å²) < 4.78 is 0. The molecule has 144 valence electrons. The molecular formula is C20H19ClN4OS2. The first kappa shape index (κ1) is 19.4. The van der Waals surface area contributed by atoms with E-state index < -0.39 is 0 Å². The molecule has 0 saturated carbocycles. The van der Waals surface area contributed by atoms with Crippen LogP contribution in [0.2, 0.25) is 5.02 Å². The number of amidine groups is 1. The zero-order valence-electron chi connectivity index (χ0n) is 15.7. The van der Waals surface area contributed by atoms with Gasteiger partial charge in [0, 0.05) is 14.6 Å². The highest BCUT2D eigenvalue weighted by Crippen LogP contribution is 2.36. The van der Waals surface area contributed by atoms with Gasteiger partial charge in [0.25, 0.3) is 0 Å². The number of nitrogens with one attached hydrogen (secondary N) is 1. The topological polar surface area (TPSA) is 59.4 Å². The van der Waals surface area contributed by atoms with Gasteiger partial charge in [-0.3, -0.25) is 9.83 Å². The van der Waals surface area contributed by atoms with Crippen molar-refractivity contribution in [1.82, 2.24) is 15.7 Å². The fraction of sp³-hybridized carbons (Fsp3) is 0.250. The number of aliphatic imine (C=N–C) groups is 1. The molecule has 3 aromatic rings. The number of aryl methyl sites for hydroxylation is 2. The first-order chi connectivity index (χ1) is 13.5. The zero-order valence-corrected chi connectivity index (χ0v) is 18.1. The molecule has 0 unspecified atom stereocenters. The Morgan fingerprint density at radius 3 is 2.71 bits per heavy atom. The Bertz CT molecular complexity index is 1050. The summed E-state index contributed by atoms with van der Waals surface area (Å²) in [5.74, 6) is 0.673. The van der Waals surface area contributed by atoms with E-state index in [0.29, 0.717) is 17.5 Å². The van der Waals surface area contributed by atoms with Gasteiger partial charge in [0.1, 0.15) is 17.7 Å². The largest absolute Gasteiger partial charge is 0.272 e. The Morgan fingerprint density at radius 1 is 1.14 bits per heavy atom. The molecule has 1 atom stereocenters. The predicted octanol–water partition coefficient (Wildman–Crippen LogP) is 5.29. The number of benzene rings is 1. The summed E-state index contributed by atoms with van der Waals surface area (Å²) >= 11 is 9.57. The fourth-order valence-electron chi connectivity index (χ4n) is 2.87. The van der Waals surface area contributed by atoms with Crippen LogP contribution in [0.25, 0.3) is 0 Å². The van der Waals surface area contributed by atoms with Crippen molar-refractivity contribution >= 4 is 40.5 Å². The van der Waals surface area contributed by atoms with Gasteiger partial charge in [0.15, 0.2) is 5.84 Å². The van der Waals surface area contributed by atoms with Gasteiger partial charge >= 0.3 is 0 Å².